The number of nitrogens with zero attached hydrogens (tertiary/aromatic N) is 3. The van der Waals surface area contributed by atoms with Gasteiger partial charge in [-0.1, -0.05) is 91.0 Å². The van der Waals surface area contributed by atoms with Crippen molar-refractivity contribution in [2.24, 2.45) is 0 Å². The third kappa shape index (κ3) is 2.64. The summed E-state index contributed by atoms with van der Waals surface area (Å²) >= 11 is 0. The molecule has 4 aromatic rings. The number of aromatic nitrogens is 1. The van der Waals surface area contributed by atoms with Crippen molar-refractivity contribution in [3.05, 3.63) is 148 Å². The number of hydrogen-bond acceptors (Lipinski definition) is 2. The van der Waals surface area contributed by atoms with Crippen molar-refractivity contribution < 1.29 is 9.14 Å². The van der Waals surface area contributed by atoms with Crippen molar-refractivity contribution in [1.29, 1.82) is 0 Å². The Kier molecular flexibility index (Phi) is 4.54. The highest BCUT2D eigenvalue weighted by molar-refractivity contribution is 6.66. The molecule has 194 valence electrons. The summed E-state index contributed by atoms with van der Waals surface area (Å²) in [6.45, 7) is 1.07. The Morgan fingerprint density at radius 3 is 1.75 bits per heavy atom. The molecule has 0 bridgehead atoms. The van der Waals surface area contributed by atoms with Crippen LogP contribution in [0.5, 0.6) is 0 Å². The lowest BCUT2D eigenvalue weighted by atomic mass is 9.66. The lowest BCUT2D eigenvalue weighted by Crippen LogP contribution is -2.72. The second-order valence-corrected chi connectivity index (χ2v) is 11.3. The number of allylic oxidation sites excluding steroid dienone is 4. The molecular weight excluding hydrogens is 489 g/mol. The highest BCUT2D eigenvalue weighted by atomic mass is 16.5. The van der Waals surface area contributed by atoms with Crippen LogP contribution < -0.4 is 0 Å². The minimum absolute atomic E-state index is 0.646. The Hall–Kier alpha value is -4.35. The Labute approximate surface area is 234 Å². The van der Waals surface area contributed by atoms with Crippen LogP contribution in [0.25, 0.3) is 16.7 Å². The zero-order chi connectivity index (χ0) is 26.4. The van der Waals surface area contributed by atoms with Crippen molar-refractivity contribution in [3.8, 4) is 0 Å². The van der Waals surface area contributed by atoms with Gasteiger partial charge in [0.1, 0.15) is 11.4 Å². The summed E-state index contributed by atoms with van der Waals surface area (Å²) in [5, 5.41) is 0. The van der Waals surface area contributed by atoms with E-state index in [2.05, 4.69) is 124 Å². The molecule has 0 unspecified atom stereocenters. The van der Waals surface area contributed by atoms with Crippen LogP contribution in [0, 0.1) is 0 Å². The average Bonchev–Trinajstić information content (AvgIpc) is 3.76. The van der Waals surface area contributed by atoms with E-state index in [1.54, 1.807) is 0 Å². The molecule has 5 aliphatic heterocycles. The van der Waals surface area contributed by atoms with Gasteiger partial charge < -0.3 is 18.4 Å². The summed E-state index contributed by atoms with van der Waals surface area (Å²) in [5.74, 6) is 0. The molecule has 0 saturated carbocycles. The van der Waals surface area contributed by atoms with Crippen LogP contribution in [0.4, 0.5) is 0 Å². The summed E-state index contributed by atoms with van der Waals surface area (Å²) in [6, 6.07) is 37.7. The summed E-state index contributed by atoms with van der Waals surface area (Å²) in [6.07, 6.45) is 4.07. The molecule has 0 N–H and O–H groups in total. The smallest absolute Gasteiger partial charge is 0.490 e. The normalized spacial score (nSPS) is 22.1. The predicted molar refractivity (Wildman–Crippen MR) is 161 cm³/mol. The molecule has 1 saturated heterocycles. The van der Waals surface area contributed by atoms with Crippen molar-refractivity contribution in [2.75, 3.05) is 6.61 Å². The van der Waals surface area contributed by atoms with Crippen LogP contribution >= 0.6 is 0 Å². The molecule has 1 aromatic heterocycles. The molecule has 0 spiro atoms. The molecule has 6 heterocycles. The van der Waals surface area contributed by atoms with Gasteiger partial charge in [0.2, 0.25) is 0 Å². The zero-order valence-electron chi connectivity index (χ0n) is 22.7. The molecule has 40 heavy (non-hydrogen) atoms. The van der Waals surface area contributed by atoms with Crippen molar-refractivity contribution >= 4 is 29.2 Å². The van der Waals surface area contributed by atoms with Gasteiger partial charge in [-0.15, -0.1) is 0 Å². The van der Waals surface area contributed by atoms with Gasteiger partial charge in [0.05, 0.1) is 11.1 Å². The van der Waals surface area contributed by atoms with Gasteiger partial charge >= 0.3 is 6.75 Å². The largest absolute Gasteiger partial charge is 0.631 e. The first-order chi connectivity index (χ1) is 19.8. The van der Waals surface area contributed by atoms with Gasteiger partial charge in [-0.2, -0.15) is 0 Å². The van der Waals surface area contributed by atoms with E-state index in [0.717, 1.165) is 25.7 Å². The summed E-state index contributed by atoms with van der Waals surface area (Å²) in [4.78, 5) is 2.65. The number of rotatable bonds is 5. The molecule has 3 aromatic carbocycles. The van der Waals surface area contributed by atoms with E-state index in [0.29, 0.717) is 6.61 Å². The monoisotopic (exact) mass is 519 g/mol. The Morgan fingerprint density at radius 2 is 1.15 bits per heavy atom. The van der Waals surface area contributed by atoms with Gasteiger partial charge in [0.25, 0.3) is 0 Å². The van der Waals surface area contributed by atoms with E-state index in [1.807, 2.05) is 0 Å². The molecule has 1 fully saturated rings. The van der Waals surface area contributed by atoms with E-state index in [9.17, 15) is 0 Å². The first-order valence-electron chi connectivity index (χ1n) is 14.7. The Bertz CT molecular complexity index is 1850. The van der Waals surface area contributed by atoms with Crippen LogP contribution in [-0.4, -0.2) is 32.8 Å². The van der Waals surface area contributed by atoms with Crippen LogP contribution in [0.1, 0.15) is 60.7 Å². The third-order valence-corrected chi connectivity index (χ3v) is 9.53. The molecule has 0 aliphatic carbocycles. The van der Waals surface area contributed by atoms with Crippen LogP contribution in [0.2, 0.25) is 0 Å². The molecule has 5 heteroatoms. The van der Waals surface area contributed by atoms with Crippen LogP contribution in [-0.2, 0) is 4.65 Å². The van der Waals surface area contributed by atoms with Crippen LogP contribution in [0.3, 0.4) is 0 Å². The van der Waals surface area contributed by atoms with Gasteiger partial charge in [0, 0.05) is 42.1 Å². The van der Waals surface area contributed by atoms with Gasteiger partial charge in [0.15, 0.2) is 0 Å². The SMILES string of the molecule is CCO[B@@-]12N3C4=C(c5ccccc5)C5=[N+]1C(=C(c1ccccc1)c1ccc(n12)C(c1ccccc1)=C3CC4)CC5. The minimum Gasteiger partial charge on any atom is -0.490 e. The number of benzene rings is 3. The summed E-state index contributed by atoms with van der Waals surface area (Å²) in [5.41, 5.74) is 16.1. The zero-order valence-corrected chi connectivity index (χ0v) is 22.7. The lowest BCUT2D eigenvalue weighted by molar-refractivity contribution is -0.374. The second kappa shape index (κ2) is 8.09. The Morgan fingerprint density at radius 1 is 0.625 bits per heavy atom. The summed E-state index contributed by atoms with van der Waals surface area (Å²) < 4.78 is 12.4. The quantitative estimate of drug-likeness (QED) is 0.262. The Balaban J connectivity index is 1.47. The third-order valence-electron chi connectivity index (χ3n) is 9.53. The summed E-state index contributed by atoms with van der Waals surface area (Å²) in [7, 11) is 0. The molecular formula is C35H30BN3O. The molecule has 0 amide bonds. The molecule has 5 aliphatic rings. The molecule has 4 nitrogen and oxygen atoms in total. The maximum atomic E-state index is 7.17. The number of hydrogen-bond donors (Lipinski definition) is 0. The van der Waals surface area contributed by atoms with E-state index in [1.165, 1.54) is 67.6 Å². The van der Waals surface area contributed by atoms with Gasteiger partial charge in [-0.05, 0) is 54.3 Å². The van der Waals surface area contributed by atoms with Gasteiger partial charge in [-0.25, -0.2) is 0 Å². The fourth-order valence-electron chi connectivity index (χ4n) is 8.33. The standard InChI is InChI=1S/C35H30BN3O/c1-2-40-36-37-27-18-20-29(37)34(25-14-8-4-9-15-25)31-22-23-32(39(31)36)35(26-16-10-5-11-17-26)30-21-19-28(38(30)36)33(27)24-12-6-3-7-13-24/h3-18,20H,2,19,21-23H2,1H3. The second-order valence-electron chi connectivity index (χ2n) is 11.3. The van der Waals surface area contributed by atoms with E-state index < -0.39 is 6.75 Å². The maximum Gasteiger partial charge on any atom is 0.631 e. The topological polar surface area (TPSA) is 20.4 Å². The highest BCUT2D eigenvalue weighted by Gasteiger charge is 2.65. The van der Waals surface area contributed by atoms with E-state index in [-0.39, 0.29) is 0 Å². The van der Waals surface area contributed by atoms with Crippen molar-refractivity contribution in [3.63, 3.8) is 0 Å². The van der Waals surface area contributed by atoms with E-state index in [4.69, 9.17) is 4.65 Å². The lowest BCUT2D eigenvalue weighted by Gasteiger charge is -2.55. The fourth-order valence-corrected chi connectivity index (χ4v) is 8.33. The molecule has 0 radical (unpaired) electrons. The van der Waals surface area contributed by atoms with Crippen LogP contribution in [0.15, 0.2) is 120 Å². The maximum absolute atomic E-state index is 7.17. The van der Waals surface area contributed by atoms with Crippen molar-refractivity contribution in [1.82, 2.24) is 9.29 Å². The minimum atomic E-state index is -1.73. The van der Waals surface area contributed by atoms with E-state index >= 15 is 0 Å². The molecule has 9 rings (SSSR count). The first kappa shape index (κ1) is 22.5. The fraction of sp³-hybridized carbons (Fsp3) is 0.171. The predicted octanol–water partition coefficient (Wildman–Crippen LogP) is 7.12. The average molecular weight is 519 g/mol. The highest BCUT2D eigenvalue weighted by Crippen LogP contribution is 2.57. The first-order valence-corrected chi connectivity index (χ1v) is 14.7. The van der Waals surface area contributed by atoms with Crippen molar-refractivity contribution in [2.45, 2.75) is 32.6 Å². The van der Waals surface area contributed by atoms with Gasteiger partial charge in [-0.3, -0.25) is 0 Å². The molecule has 1 atom stereocenters.